The fourth-order valence-corrected chi connectivity index (χ4v) is 4.74. The van der Waals surface area contributed by atoms with Crippen molar-refractivity contribution in [2.75, 3.05) is 24.6 Å². The monoisotopic (exact) mass is 398 g/mol. The number of ether oxygens (including phenoxy) is 1. The van der Waals surface area contributed by atoms with Gasteiger partial charge in [0, 0.05) is 18.0 Å². The van der Waals surface area contributed by atoms with Crippen molar-refractivity contribution in [3.63, 3.8) is 0 Å². The first-order chi connectivity index (χ1) is 13.1. The van der Waals surface area contributed by atoms with Gasteiger partial charge in [-0.25, -0.2) is 0 Å². The summed E-state index contributed by atoms with van der Waals surface area (Å²) in [6, 6.07) is 12.4. The third-order valence-electron chi connectivity index (χ3n) is 4.51. The van der Waals surface area contributed by atoms with E-state index in [9.17, 15) is 9.90 Å². The lowest BCUT2D eigenvalue weighted by atomic mass is 10.1. The number of carbonyl (C=O) groups excluding carboxylic acids is 1. The topological polar surface area (TPSA) is 53.0 Å². The molecule has 0 unspecified atom stereocenters. The highest BCUT2D eigenvalue weighted by atomic mass is 32.2. The first kappa shape index (κ1) is 18.0. The molecular weight excluding hydrogens is 380 g/mol. The highest BCUT2D eigenvalue weighted by molar-refractivity contribution is 8.04. The Bertz CT molecular complexity index is 1000. The predicted molar refractivity (Wildman–Crippen MR) is 111 cm³/mol. The first-order valence-electron chi connectivity index (χ1n) is 8.67. The third kappa shape index (κ3) is 3.12. The van der Waals surface area contributed by atoms with E-state index >= 15 is 0 Å². The summed E-state index contributed by atoms with van der Waals surface area (Å²) in [5.41, 5.74) is 1.06. The summed E-state index contributed by atoms with van der Waals surface area (Å²) in [4.78, 5) is 16.9. The molecule has 5 nitrogen and oxygen atoms in total. The molecule has 0 atom stereocenters. The van der Waals surface area contributed by atoms with E-state index in [1.165, 1.54) is 15.7 Å². The van der Waals surface area contributed by atoms with Crippen LogP contribution in [0.25, 0.3) is 10.8 Å². The number of carbonyl (C=O) groups is 1. The highest BCUT2D eigenvalue weighted by Gasteiger charge is 2.32. The molecular formula is C20H18N2O3S2. The lowest BCUT2D eigenvalue weighted by Crippen LogP contribution is -2.27. The predicted octanol–water partition coefficient (Wildman–Crippen LogP) is 3.63. The number of allylic oxidation sites excluding steroid dienone is 2. The maximum Gasteiger partial charge on any atom is 0.297 e. The van der Waals surface area contributed by atoms with Crippen LogP contribution in [0.2, 0.25) is 0 Å². The van der Waals surface area contributed by atoms with Crippen molar-refractivity contribution in [3.05, 3.63) is 59.3 Å². The smallest absolute Gasteiger partial charge is 0.297 e. The quantitative estimate of drug-likeness (QED) is 0.627. The molecule has 1 fully saturated rings. The zero-order valence-electron chi connectivity index (χ0n) is 14.7. The number of aliphatic hydroxyl groups is 1. The number of β-amino-alcohol motifs (C(OH)–C–C–N with tert-alkyl or cyclic N) is 1. The molecule has 2 aromatic carbocycles. The van der Waals surface area contributed by atoms with E-state index in [2.05, 4.69) is 29.2 Å². The molecule has 27 heavy (non-hydrogen) atoms. The molecule has 1 amide bonds. The van der Waals surface area contributed by atoms with Gasteiger partial charge in [0.15, 0.2) is 5.76 Å². The second-order valence-electron chi connectivity index (χ2n) is 6.07. The number of nitrogens with zero attached hydrogens (tertiary/aromatic N) is 2. The van der Waals surface area contributed by atoms with Gasteiger partial charge in [0.2, 0.25) is 0 Å². The van der Waals surface area contributed by atoms with Gasteiger partial charge < -0.3 is 14.7 Å². The van der Waals surface area contributed by atoms with Crippen LogP contribution in [-0.2, 0) is 9.53 Å². The summed E-state index contributed by atoms with van der Waals surface area (Å²) in [6.45, 7) is 2.84. The summed E-state index contributed by atoms with van der Waals surface area (Å²) in [5, 5.41) is 13.0. The van der Waals surface area contributed by atoms with Crippen molar-refractivity contribution in [3.8, 4) is 0 Å². The average molecular weight is 399 g/mol. The molecule has 0 bridgehead atoms. The summed E-state index contributed by atoms with van der Waals surface area (Å²) in [6.07, 6.45) is 3.51. The van der Waals surface area contributed by atoms with Crippen LogP contribution >= 0.6 is 24.0 Å². The van der Waals surface area contributed by atoms with Crippen LogP contribution in [0.4, 0.5) is 5.69 Å². The zero-order chi connectivity index (χ0) is 19.0. The summed E-state index contributed by atoms with van der Waals surface area (Å²) >= 11 is 6.71. The second-order valence-corrected chi connectivity index (χ2v) is 7.45. The van der Waals surface area contributed by atoms with Gasteiger partial charge in [-0.05, 0) is 48.1 Å². The van der Waals surface area contributed by atoms with E-state index in [1.54, 1.807) is 17.8 Å². The van der Waals surface area contributed by atoms with Crippen molar-refractivity contribution in [1.82, 2.24) is 4.90 Å². The standard InChI is InChI=1S/C20H18N2O3S2/c1-2-21-19(24)16(25-20(21)26)9-10-17-22(11-12-23)15-8-7-13-5-3-4-6-14(13)18(15)27-17/h3-10,23H,2,11-12H2,1H3/b16-9-,17-10-. The molecule has 2 heterocycles. The Morgan fingerprint density at radius 1 is 1.19 bits per heavy atom. The van der Waals surface area contributed by atoms with Gasteiger partial charge in [-0.3, -0.25) is 9.69 Å². The fourth-order valence-electron chi connectivity index (χ4n) is 3.22. The Hall–Kier alpha value is -2.35. The first-order valence-corrected chi connectivity index (χ1v) is 9.90. The lowest BCUT2D eigenvalue weighted by Gasteiger charge is -2.19. The summed E-state index contributed by atoms with van der Waals surface area (Å²) in [5.74, 6) is -0.00117. The summed E-state index contributed by atoms with van der Waals surface area (Å²) < 4.78 is 5.43. The minimum absolute atomic E-state index is 0.0316. The maximum absolute atomic E-state index is 12.3. The molecule has 0 radical (unpaired) electrons. The Morgan fingerprint density at radius 2 is 2.00 bits per heavy atom. The number of benzene rings is 2. The molecule has 7 heteroatoms. The van der Waals surface area contributed by atoms with Crippen LogP contribution in [0.3, 0.4) is 0 Å². The molecule has 2 aliphatic rings. The van der Waals surface area contributed by atoms with Crippen molar-refractivity contribution < 1.29 is 14.6 Å². The summed E-state index contributed by atoms with van der Waals surface area (Å²) in [7, 11) is 0. The van der Waals surface area contributed by atoms with E-state index in [1.807, 2.05) is 25.1 Å². The van der Waals surface area contributed by atoms with Gasteiger partial charge in [-0.2, -0.15) is 0 Å². The van der Waals surface area contributed by atoms with Crippen molar-refractivity contribution in [2.45, 2.75) is 11.8 Å². The van der Waals surface area contributed by atoms with E-state index < -0.39 is 0 Å². The van der Waals surface area contributed by atoms with Crippen LogP contribution < -0.4 is 4.90 Å². The fraction of sp³-hybridized carbons (Fsp3) is 0.200. The molecule has 2 aliphatic heterocycles. The minimum Gasteiger partial charge on any atom is -0.426 e. The van der Waals surface area contributed by atoms with Crippen LogP contribution in [-0.4, -0.2) is 40.8 Å². The highest BCUT2D eigenvalue weighted by Crippen LogP contribution is 2.49. The van der Waals surface area contributed by atoms with Gasteiger partial charge in [-0.15, -0.1) is 0 Å². The third-order valence-corrected chi connectivity index (χ3v) is 6.02. The van der Waals surface area contributed by atoms with E-state index in [0.29, 0.717) is 13.1 Å². The van der Waals surface area contributed by atoms with Crippen molar-refractivity contribution in [2.24, 2.45) is 0 Å². The molecule has 4 rings (SSSR count). The number of thiocarbonyl (C=S) groups is 1. The average Bonchev–Trinajstić information content (AvgIpc) is 3.17. The number of hydrogen-bond acceptors (Lipinski definition) is 6. The Labute approximate surface area is 166 Å². The molecule has 0 aliphatic carbocycles. The van der Waals surface area contributed by atoms with Crippen LogP contribution in [0.1, 0.15) is 6.92 Å². The number of anilines is 1. The maximum atomic E-state index is 12.3. The number of fused-ring (bicyclic) bond motifs is 3. The van der Waals surface area contributed by atoms with Gasteiger partial charge in [0.05, 0.1) is 17.3 Å². The largest absolute Gasteiger partial charge is 0.426 e. The van der Waals surface area contributed by atoms with E-state index in [0.717, 1.165) is 15.6 Å². The number of aliphatic hydroxyl groups excluding tert-OH is 1. The zero-order valence-corrected chi connectivity index (χ0v) is 16.3. The Morgan fingerprint density at radius 3 is 2.74 bits per heavy atom. The molecule has 2 aromatic rings. The Kier molecular flexibility index (Phi) is 4.90. The van der Waals surface area contributed by atoms with Crippen LogP contribution in [0.15, 0.2) is 64.2 Å². The number of hydrogen-bond donors (Lipinski definition) is 1. The number of rotatable bonds is 4. The number of thioether (sulfide) groups is 1. The lowest BCUT2D eigenvalue weighted by molar-refractivity contribution is -0.122. The molecule has 0 spiro atoms. The molecule has 0 saturated carbocycles. The van der Waals surface area contributed by atoms with Crippen molar-refractivity contribution >= 4 is 51.5 Å². The number of likely N-dealkylation sites (N-methyl/N-ethyl adjacent to an activating group) is 1. The molecule has 1 saturated heterocycles. The SMILES string of the molecule is CCN1C(=O)/C(=C/C=C2\Sc3c(ccc4ccccc34)N2CCO)OC1=S. The van der Waals surface area contributed by atoms with Gasteiger partial charge in [0.25, 0.3) is 11.1 Å². The second kappa shape index (κ2) is 7.34. The van der Waals surface area contributed by atoms with Gasteiger partial charge >= 0.3 is 0 Å². The van der Waals surface area contributed by atoms with Crippen LogP contribution in [0.5, 0.6) is 0 Å². The number of amides is 1. The van der Waals surface area contributed by atoms with Gasteiger partial charge in [-0.1, -0.05) is 42.1 Å². The molecule has 1 N–H and O–H groups in total. The minimum atomic E-state index is -0.223. The molecule has 138 valence electrons. The van der Waals surface area contributed by atoms with Crippen molar-refractivity contribution in [1.29, 1.82) is 0 Å². The normalized spacial score (nSPS) is 19.5. The van der Waals surface area contributed by atoms with E-state index in [-0.39, 0.29) is 23.4 Å². The van der Waals surface area contributed by atoms with Crippen LogP contribution in [0, 0.1) is 0 Å². The van der Waals surface area contributed by atoms with Gasteiger partial charge in [0.1, 0.15) is 0 Å². The van der Waals surface area contributed by atoms with E-state index in [4.69, 9.17) is 17.0 Å². The Balaban J connectivity index is 1.72. The molecule has 0 aromatic heterocycles.